The van der Waals surface area contributed by atoms with Crippen molar-refractivity contribution in [2.45, 2.75) is 25.9 Å². The van der Waals surface area contributed by atoms with E-state index in [1.165, 1.54) is 7.05 Å². The zero-order chi connectivity index (χ0) is 14.9. The number of hydrogen-bond acceptors (Lipinski definition) is 3. The Balaban J connectivity index is 2.04. The fraction of sp³-hybridized carbons (Fsp3) is 0.462. The Kier molecular flexibility index (Phi) is 4.36. The number of likely N-dealkylation sites (N-methyl/N-ethyl adjacent to an activating group) is 1. The van der Waals surface area contributed by atoms with Gasteiger partial charge < -0.3 is 5.32 Å². The number of carbonyl (C=O) groups excluding carboxylic acids is 1. The van der Waals surface area contributed by atoms with Crippen molar-refractivity contribution >= 4 is 27.5 Å². The summed E-state index contributed by atoms with van der Waals surface area (Å²) >= 11 is 6.09. The number of nitrogens with one attached hydrogen (secondary N) is 1. The van der Waals surface area contributed by atoms with Crippen LogP contribution in [0.1, 0.15) is 17.5 Å². The molecule has 1 aliphatic rings. The van der Waals surface area contributed by atoms with E-state index < -0.39 is 16.1 Å². The van der Waals surface area contributed by atoms with E-state index in [4.69, 9.17) is 11.6 Å². The molecular weight excluding hydrogens is 300 g/mol. The molecular formula is C13H17ClN2O3S. The van der Waals surface area contributed by atoms with Crippen LogP contribution in [0.15, 0.2) is 18.2 Å². The summed E-state index contributed by atoms with van der Waals surface area (Å²) in [5.41, 5.74) is 1.84. The first kappa shape index (κ1) is 15.3. The molecule has 0 aliphatic carbocycles. The number of carbonyl (C=O) groups is 1. The number of hydrogen-bond donors (Lipinski definition) is 1. The predicted molar refractivity (Wildman–Crippen MR) is 78.0 cm³/mol. The normalized spacial score (nSPS) is 21.9. The van der Waals surface area contributed by atoms with E-state index in [2.05, 4.69) is 5.32 Å². The van der Waals surface area contributed by atoms with Crippen LogP contribution in [0.25, 0.3) is 0 Å². The zero-order valence-corrected chi connectivity index (χ0v) is 13.0. The molecule has 7 heteroatoms. The Morgan fingerprint density at radius 2 is 2.20 bits per heavy atom. The van der Waals surface area contributed by atoms with Crippen molar-refractivity contribution in [2.75, 3.05) is 12.8 Å². The molecule has 1 atom stereocenters. The molecule has 1 amide bonds. The second-order valence-corrected chi connectivity index (χ2v) is 7.45. The average Bonchev–Trinajstić information content (AvgIpc) is 2.64. The summed E-state index contributed by atoms with van der Waals surface area (Å²) in [6.07, 6.45) is 0.326. The van der Waals surface area contributed by atoms with Crippen LogP contribution in [0.4, 0.5) is 0 Å². The van der Waals surface area contributed by atoms with Crippen LogP contribution in [-0.2, 0) is 21.4 Å². The van der Waals surface area contributed by atoms with Gasteiger partial charge in [0.25, 0.3) is 0 Å². The van der Waals surface area contributed by atoms with Gasteiger partial charge in [0.15, 0.2) is 0 Å². The van der Waals surface area contributed by atoms with Gasteiger partial charge in [0, 0.05) is 18.6 Å². The molecule has 0 spiro atoms. The number of aryl methyl sites for hydroxylation is 1. The summed E-state index contributed by atoms with van der Waals surface area (Å²) < 4.78 is 24.3. The van der Waals surface area contributed by atoms with Crippen LogP contribution in [0.2, 0.25) is 5.02 Å². The van der Waals surface area contributed by atoms with Crippen LogP contribution in [-0.4, -0.2) is 37.5 Å². The van der Waals surface area contributed by atoms with E-state index in [1.54, 1.807) is 6.07 Å². The summed E-state index contributed by atoms with van der Waals surface area (Å²) in [6, 6.07) is 4.91. The standard InChI is InChI=1S/C13H17ClN2O3S/c1-9-4-3-5-11(14)10(9)8-15-13(17)12-6-7-20(18,19)16(12)2/h3-5,12H,6-8H2,1-2H3,(H,15,17)/t12-/m0/s1. The summed E-state index contributed by atoms with van der Waals surface area (Å²) in [5.74, 6) is -0.264. The Labute approximate surface area is 124 Å². The molecule has 0 bridgehead atoms. The lowest BCUT2D eigenvalue weighted by Crippen LogP contribution is -2.42. The topological polar surface area (TPSA) is 66.5 Å². The lowest BCUT2D eigenvalue weighted by Gasteiger charge is -2.18. The van der Waals surface area contributed by atoms with Crippen molar-refractivity contribution in [1.29, 1.82) is 0 Å². The monoisotopic (exact) mass is 316 g/mol. The molecule has 0 radical (unpaired) electrons. The van der Waals surface area contributed by atoms with E-state index in [1.807, 2.05) is 19.1 Å². The fourth-order valence-electron chi connectivity index (χ4n) is 2.26. The van der Waals surface area contributed by atoms with Crippen molar-refractivity contribution in [3.8, 4) is 0 Å². The second kappa shape index (κ2) is 5.71. The van der Waals surface area contributed by atoms with Crippen molar-refractivity contribution < 1.29 is 13.2 Å². The molecule has 0 unspecified atom stereocenters. The number of benzene rings is 1. The third kappa shape index (κ3) is 2.97. The van der Waals surface area contributed by atoms with Crippen LogP contribution in [0.3, 0.4) is 0 Å². The van der Waals surface area contributed by atoms with Crippen LogP contribution in [0.5, 0.6) is 0 Å². The van der Waals surface area contributed by atoms with E-state index in [-0.39, 0.29) is 11.7 Å². The van der Waals surface area contributed by atoms with Gasteiger partial charge in [-0.2, -0.15) is 4.31 Å². The van der Waals surface area contributed by atoms with E-state index in [0.717, 1.165) is 15.4 Å². The maximum absolute atomic E-state index is 12.1. The van der Waals surface area contributed by atoms with Crippen LogP contribution >= 0.6 is 11.6 Å². The quantitative estimate of drug-likeness (QED) is 0.914. The van der Waals surface area contributed by atoms with Gasteiger partial charge in [-0.25, -0.2) is 8.42 Å². The van der Waals surface area contributed by atoms with Gasteiger partial charge in [0.2, 0.25) is 15.9 Å². The highest BCUT2D eigenvalue weighted by molar-refractivity contribution is 7.89. The van der Waals surface area contributed by atoms with E-state index in [0.29, 0.717) is 18.0 Å². The van der Waals surface area contributed by atoms with Crippen molar-refractivity contribution in [3.63, 3.8) is 0 Å². The van der Waals surface area contributed by atoms with Gasteiger partial charge in [0.05, 0.1) is 5.75 Å². The highest BCUT2D eigenvalue weighted by Gasteiger charge is 2.38. The number of halogens is 1. The Bertz CT molecular complexity index is 610. The minimum atomic E-state index is -3.27. The highest BCUT2D eigenvalue weighted by atomic mass is 35.5. The Morgan fingerprint density at radius 1 is 1.50 bits per heavy atom. The minimum Gasteiger partial charge on any atom is -0.351 e. The molecule has 1 aromatic carbocycles. The predicted octanol–water partition coefficient (Wildman–Crippen LogP) is 1.30. The van der Waals surface area contributed by atoms with Gasteiger partial charge in [0.1, 0.15) is 6.04 Å². The maximum Gasteiger partial charge on any atom is 0.238 e. The van der Waals surface area contributed by atoms with Gasteiger partial charge in [-0.05, 0) is 30.5 Å². The lowest BCUT2D eigenvalue weighted by atomic mass is 10.1. The van der Waals surface area contributed by atoms with E-state index >= 15 is 0 Å². The SMILES string of the molecule is Cc1cccc(Cl)c1CNC(=O)[C@@H]1CCS(=O)(=O)N1C. The zero-order valence-electron chi connectivity index (χ0n) is 11.4. The minimum absolute atomic E-state index is 0.0205. The number of amides is 1. The second-order valence-electron chi connectivity index (χ2n) is 4.89. The highest BCUT2D eigenvalue weighted by Crippen LogP contribution is 2.21. The molecule has 1 aliphatic heterocycles. The molecule has 1 aromatic rings. The van der Waals surface area contributed by atoms with Gasteiger partial charge in [-0.15, -0.1) is 0 Å². The number of nitrogens with zero attached hydrogens (tertiary/aromatic N) is 1. The Hall–Kier alpha value is -1.11. The first-order valence-corrected chi connectivity index (χ1v) is 8.29. The summed E-state index contributed by atoms with van der Waals surface area (Å²) in [6.45, 7) is 2.22. The van der Waals surface area contributed by atoms with Crippen molar-refractivity contribution in [1.82, 2.24) is 9.62 Å². The van der Waals surface area contributed by atoms with Crippen molar-refractivity contribution in [3.05, 3.63) is 34.3 Å². The largest absolute Gasteiger partial charge is 0.351 e. The molecule has 1 heterocycles. The molecule has 1 fully saturated rings. The smallest absolute Gasteiger partial charge is 0.238 e. The molecule has 0 saturated carbocycles. The average molecular weight is 317 g/mol. The molecule has 1 saturated heterocycles. The first-order valence-electron chi connectivity index (χ1n) is 6.30. The van der Waals surface area contributed by atoms with E-state index in [9.17, 15) is 13.2 Å². The summed E-state index contributed by atoms with van der Waals surface area (Å²) in [7, 11) is -1.83. The lowest BCUT2D eigenvalue weighted by molar-refractivity contribution is -0.124. The fourth-order valence-corrected chi connectivity index (χ4v) is 3.95. The first-order chi connectivity index (χ1) is 9.33. The number of rotatable bonds is 3. The third-order valence-electron chi connectivity index (χ3n) is 3.62. The Morgan fingerprint density at radius 3 is 2.75 bits per heavy atom. The molecule has 1 N–H and O–H groups in total. The summed E-state index contributed by atoms with van der Waals surface area (Å²) in [4.78, 5) is 12.1. The van der Waals surface area contributed by atoms with Crippen molar-refractivity contribution in [2.24, 2.45) is 0 Å². The van der Waals surface area contributed by atoms with Gasteiger partial charge in [-0.1, -0.05) is 23.7 Å². The summed E-state index contributed by atoms with van der Waals surface area (Å²) in [5, 5.41) is 3.36. The number of sulfonamides is 1. The molecule has 2 rings (SSSR count). The third-order valence-corrected chi connectivity index (χ3v) is 5.86. The molecule has 20 heavy (non-hydrogen) atoms. The van der Waals surface area contributed by atoms with Gasteiger partial charge >= 0.3 is 0 Å². The van der Waals surface area contributed by atoms with Crippen LogP contribution < -0.4 is 5.32 Å². The molecule has 5 nitrogen and oxygen atoms in total. The maximum atomic E-state index is 12.1. The molecule has 0 aromatic heterocycles. The van der Waals surface area contributed by atoms with Gasteiger partial charge in [-0.3, -0.25) is 4.79 Å². The van der Waals surface area contributed by atoms with Crippen LogP contribution in [0, 0.1) is 6.92 Å². The molecule has 110 valence electrons.